The van der Waals surface area contributed by atoms with Crippen LogP contribution in [0.3, 0.4) is 0 Å². The van der Waals surface area contributed by atoms with Gasteiger partial charge in [0.05, 0.1) is 24.9 Å². The highest BCUT2D eigenvalue weighted by molar-refractivity contribution is 6.08. The lowest BCUT2D eigenvalue weighted by molar-refractivity contribution is -0.117. The van der Waals surface area contributed by atoms with Gasteiger partial charge in [0, 0.05) is 36.5 Å². The van der Waals surface area contributed by atoms with Gasteiger partial charge in [-0.15, -0.1) is 0 Å². The number of hydrogen-bond donors (Lipinski definition) is 1. The van der Waals surface area contributed by atoms with Gasteiger partial charge >= 0.3 is 0 Å². The topological polar surface area (TPSA) is 76.5 Å². The van der Waals surface area contributed by atoms with Gasteiger partial charge < -0.3 is 15.0 Å². The lowest BCUT2D eigenvalue weighted by Crippen LogP contribution is -2.24. The van der Waals surface area contributed by atoms with Crippen LogP contribution in [0.25, 0.3) is 11.3 Å². The van der Waals surface area contributed by atoms with E-state index < -0.39 is 0 Å². The highest BCUT2D eigenvalue weighted by Gasteiger charge is 2.25. The first kappa shape index (κ1) is 22.4. The molecule has 0 radical (unpaired) electrons. The molecule has 3 aromatic carbocycles. The van der Waals surface area contributed by atoms with Crippen molar-refractivity contribution in [3.63, 3.8) is 0 Å². The molecule has 7 nitrogen and oxygen atoms in total. The van der Waals surface area contributed by atoms with Crippen LogP contribution in [-0.2, 0) is 11.3 Å². The number of methoxy groups -OCH3 is 1. The fourth-order valence-corrected chi connectivity index (χ4v) is 4.33. The molecular formula is C28H26N4O3. The van der Waals surface area contributed by atoms with Crippen LogP contribution < -0.4 is 15.0 Å². The van der Waals surface area contributed by atoms with Crippen LogP contribution in [0.2, 0.25) is 0 Å². The number of hydrogen-bond acceptors (Lipinski definition) is 4. The van der Waals surface area contributed by atoms with Gasteiger partial charge in [0.15, 0.2) is 0 Å². The molecule has 2 amide bonds. The van der Waals surface area contributed by atoms with Crippen molar-refractivity contribution < 1.29 is 14.3 Å². The van der Waals surface area contributed by atoms with E-state index in [1.54, 1.807) is 35.0 Å². The molecule has 4 aromatic rings. The van der Waals surface area contributed by atoms with Crippen molar-refractivity contribution in [1.29, 1.82) is 0 Å². The Kier molecular flexibility index (Phi) is 6.30. The zero-order valence-electron chi connectivity index (χ0n) is 19.5. The minimum absolute atomic E-state index is 0.0819. The predicted octanol–water partition coefficient (Wildman–Crippen LogP) is 4.99. The van der Waals surface area contributed by atoms with Gasteiger partial charge in [-0.3, -0.25) is 14.3 Å². The highest BCUT2D eigenvalue weighted by atomic mass is 16.5. The molecule has 2 heterocycles. The third kappa shape index (κ3) is 4.80. The summed E-state index contributed by atoms with van der Waals surface area (Å²) < 4.78 is 7.32. The van der Waals surface area contributed by atoms with E-state index in [9.17, 15) is 9.59 Å². The lowest BCUT2D eigenvalue weighted by atomic mass is 10.1. The summed E-state index contributed by atoms with van der Waals surface area (Å²) in [6, 6.07) is 25.0. The van der Waals surface area contributed by atoms with Crippen LogP contribution in [0.4, 0.5) is 11.4 Å². The fourth-order valence-electron chi connectivity index (χ4n) is 4.33. The van der Waals surface area contributed by atoms with Crippen molar-refractivity contribution in [2.75, 3.05) is 23.9 Å². The van der Waals surface area contributed by atoms with Gasteiger partial charge in [-0.05, 0) is 24.1 Å². The summed E-state index contributed by atoms with van der Waals surface area (Å²) in [6.45, 7) is 1.22. The lowest BCUT2D eigenvalue weighted by Gasteiger charge is -2.19. The van der Waals surface area contributed by atoms with Gasteiger partial charge in [-0.1, -0.05) is 60.7 Å². The molecule has 1 aliphatic heterocycles. The molecule has 0 unspecified atom stereocenters. The van der Waals surface area contributed by atoms with E-state index in [0.29, 0.717) is 47.9 Å². The van der Waals surface area contributed by atoms with E-state index in [0.717, 1.165) is 17.5 Å². The quantitative estimate of drug-likeness (QED) is 0.417. The molecule has 0 aliphatic carbocycles. The molecule has 1 N–H and O–H groups in total. The summed E-state index contributed by atoms with van der Waals surface area (Å²) in [7, 11) is 1.56. The van der Waals surface area contributed by atoms with E-state index in [4.69, 9.17) is 9.84 Å². The molecule has 0 saturated carbocycles. The van der Waals surface area contributed by atoms with Crippen molar-refractivity contribution in [3.05, 3.63) is 96.2 Å². The number of rotatable bonds is 7. The molecule has 5 rings (SSSR count). The number of benzene rings is 3. The largest absolute Gasteiger partial charge is 0.494 e. The van der Waals surface area contributed by atoms with Crippen LogP contribution in [0.1, 0.15) is 28.8 Å². The maximum atomic E-state index is 13.4. The number of aromatic nitrogens is 2. The first-order valence-electron chi connectivity index (χ1n) is 11.6. The molecule has 1 saturated heterocycles. The minimum Gasteiger partial charge on any atom is -0.494 e. The summed E-state index contributed by atoms with van der Waals surface area (Å²) in [5.74, 6) is 0.356. The Morgan fingerprint density at radius 1 is 1.03 bits per heavy atom. The summed E-state index contributed by atoms with van der Waals surface area (Å²) in [5.41, 5.74) is 4.35. The molecule has 1 aliphatic rings. The molecular weight excluding hydrogens is 440 g/mol. The van der Waals surface area contributed by atoms with Crippen LogP contribution in [0.15, 0.2) is 85.1 Å². The van der Waals surface area contributed by atoms with E-state index in [-0.39, 0.29) is 11.8 Å². The van der Waals surface area contributed by atoms with Crippen LogP contribution in [0.5, 0.6) is 5.75 Å². The molecule has 35 heavy (non-hydrogen) atoms. The Hall–Kier alpha value is -4.39. The SMILES string of the molecule is COc1cc(NC(=O)c2cn(Cc3ccccc3)nc2-c2ccccc2)ccc1N1CCCC1=O. The number of carbonyl (C=O) groups is 2. The Labute approximate surface area is 204 Å². The van der Waals surface area contributed by atoms with Crippen molar-refractivity contribution in [1.82, 2.24) is 9.78 Å². The molecule has 176 valence electrons. The molecule has 7 heteroatoms. The second-order valence-corrected chi connectivity index (χ2v) is 8.43. The summed E-state index contributed by atoms with van der Waals surface area (Å²) in [5, 5.41) is 7.71. The van der Waals surface area contributed by atoms with Gasteiger partial charge in [0.2, 0.25) is 5.91 Å². The Balaban J connectivity index is 1.44. The Morgan fingerprint density at radius 3 is 2.46 bits per heavy atom. The zero-order chi connectivity index (χ0) is 24.2. The van der Waals surface area contributed by atoms with Crippen molar-refractivity contribution in [2.24, 2.45) is 0 Å². The van der Waals surface area contributed by atoms with Crippen LogP contribution in [0, 0.1) is 0 Å². The Bertz CT molecular complexity index is 1350. The molecule has 1 aromatic heterocycles. The van der Waals surface area contributed by atoms with E-state index >= 15 is 0 Å². The average molecular weight is 467 g/mol. The molecule has 0 spiro atoms. The predicted molar refractivity (Wildman–Crippen MR) is 136 cm³/mol. The number of anilines is 2. The number of ether oxygens (including phenoxy) is 1. The van der Waals surface area contributed by atoms with Gasteiger partial charge in [0.25, 0.3) is 5.91 Å². The highest BCUT2D eigenvalue weighted by Crippen LogP contribution is 2.34. The number of carbonyl (C=O) groups excluding carboxylic acids is 2. The summed E-state index contributed by atoms with van der Waals surface area (Å²) >= 11 is 0. The minimum atomic E-state index is -0.268. The number of nitrogens with one attached hydrogen (secondary N) is 1. The van der Waals surface area contributed by atoms with E-state index in [2.05, 4.69) is 5.32 Å². The number of amides is 2. The van der Waals surface area contributed by atoms with Gasteiger partial charge in [0.1, 0.15) is 11.4 Å². The summed E-state index contributed by atoms with van der Waals surface area (Å²) in [6.07, 6.45) is 3.14. The normalized spacial score (nSPS) is 13.2. The maximum Gasteiger partial charge on any atom is 0.259 e. The van der Waals surface area contributed by atoms with Crippen molar-refractivity contribution in [3.8, 4) is 17.0 Å². The standard InChI is InChI=1S/C28H26N4O3/c1-35-25-17-22(14-15-24(25)32-16-8-13-26(32)33)29-28(34)23-19-31(18-20-9-4-2-5-10-20)30-27(23)21-11-6-3-7-12-21/h2-7,9-12,14-15,17,19H,8,13,16,18H2,1H3,(H,29,34). The second kappa shape index (κ2) is 9.85. The third-order valence-electron chi connectivity index (χ3n) is 6.04. The first-order chi connectivity index (χ1) is 17.1. The van der Waals surface area contributed by atoms with Crippen molar-refractivity contribution >= 4 is 23.2 Å². The second-order valence-electron chi connectivity index (χ2n) is 8.43. The zero-order valence-corrected chi connectivity index (χ0v) is 19.5. The number of nitrogens with zero attached hydrogens (tertiary/aromatic N) is 3. The van der Waals surface area contributed by atoms with Gasteiger partial charge in [-0.2, -0.15) is 5.10 Å². The maximum absolute atomic E-state index is 13.4. The fraction of sp³-hybridized carbons (Fsp3) is 0.179. The monoisotopic (exact) mass is 466 g/mol. The van der Waals surface area contributed by atoms with E-state index in [1.807, 2.05) is 66.7 Å². The molecule has 0 bridgehead atoms. The third-order valence-corrected chi connectivity index (χ3v) is 6.04. The van der Waals surface area contributed by atoms with Gasteiger partial charge in [-0.25, -0.2) is 0 Å². The van der Waals surface area contributed by atoms with Crippen LogP contribution in [-0.4, -0.2) is 35.2 Å². The molecule has 0 atom stereocenters. The van der Waals surface area contributed by atoms with E-state index in [1.165, 1.54) is 0 Å². The molecule has 1 fully saturated rings. The average Bonchev–Trinajstić information content (AvgIpc) is 3.51. The summed E-state index contributed by atoms with van der Waals surface area (Å²) in [4.78, 5) is 27.3. The van der Waals surface area contributed by atoms with Crippen LogP contribution >= 0.6 is 0 Å². The van der Waals surface area contributed by atoms with Crippen molar-refractivity contribution in [2.45, 2.75) is 19.4 Å². The first-order valence-corrected chi connectivity index (χ1v) is 11.6. The Morgan fingerprint density at radius 2 is 1.77 bits per heavy atom. The smallest absolute Gasteiger partial charge is 0.259 e.